The maximum absolute atomic E-state index is 13.4. The number of urea groups is 1. The minimum atomic E-state index is -0.264. The molecule has 2 aliphatic rings. The molecule has 1 aliphatic carbocycles. The number of carbonyl (C=O) groups excluding carboxylic acids is 2. The number of unbranched alkanes of at least 4 members (excludes halogenated alkanes) is 4. The summed E-state index contributed by atoms with van der Waals surface area (Å²) < 4.78 is 13.4. The summed E-state index contributed by atoms with van der Waals surface area (Å²) in [4.78, 5) is 31.9. The van der Waals surface area contributed by atoms with Crippen molar-refractivity contribution in [3.8, 4) is 0 Å². The molecule has 196 valence electrons. The molecule has 0 radical (unpaired) electrons. The predicted octanol–water partition coefficient (Wildman–Crippen LogP) is 5.17. The lowest BCUT2D eigenvalue weighted by molar-refractivity contribution is -0.133. The quantitative estimate of drug-likeness (QED) is 0.413. The van der Waals surface area contributed by atoms with Crippen LogP contribution in [0.4, 0.5) is 9.18 Å². The summed E-state index contributed by atoms with van der Waals surface area (Å²) in [6.45, 7) is 7.28. The van der Waals surface area contributed by atoms with Crippen molar-refractivity contribution >= 4 is 11.9 Å². The van der Waals surface area contributed by atoms with Crippen LogP contribution in [0, 0.1) is 5.82 Å². The molecular formula is C28H45FN4O2. The highest BCUT2D eigenvalue weighted by molar-refractivity contribution is 5.76. The van der Waals surface area contributed by atoms with Crippen molar-refractivity contribution < 1.29 is 14.0 Å². The Morgan fingerprint density at radius 3 is 2.34 bits per heavy atom. The lowest BCUT2D eigenvalue weighted by atomic mass is 9.96. The van der Waals surface area contributed by atoms with Gasteiger partial charge in [0, 0.05) is 58.3 Å². The molecule has 2 fully saturated rings. The molecule has 0 aromatic heterocycles. The average Bonchev–Trinajstić information content (AvgIpc) is 2.88. The zero-order valence-corrected chi connectivity index (χ0v) is 21.7. The maximum Gasteiger partial charge on any atom is 0.317 e. The van der Waals surface area contributed by atoms with Gasteiger partial charge in [-0.05, 0) is 37.0 Å². The van der Waals surface area contributed by atoms with Gasteiger partial charge in [0.15, 0.2) is 0 Å². The number of nitrogens with zero attached hydrogens (tertiary/aromatic N) is 3. The standard InChI is InChI=1S/C28H45FN4O2/c1-2-3-4-5-9-12-27(34)32-20-17-31(18-21-32)19-22-33(23-24-13-15-25(29)16-14-24)28(35)30-26-10-7-6-8-11-26/h13-16,26H,2-12,17-23H2,1H3,(H,30,35). The van der Waals surface area contributed by atoms with E-state index in [4.69, 9.17) is 0 Å². The summed E-state index contributed by atoms with van der Waals surface area (Å²) in [6, 6.07) is 6.63. The fraction of sp³-hybridized carbons (Fsp3) is 0.714. The van der Waals surface area contributed by atoms with Gasteiger partial charge in [0.05, 0.1) is 0 Å². The monoisotopic (exact) mass is 488 g/mol. The van der Waals surface area contributed by atoms with Crippen LogP contribution in [0.25, 0.3) is 0 Å². The first kappa shape index (κ1) is 27.4. The van der Waals surface area contributed by atoms with Crippen LogP contribution in [0.15, 0.2) is 24.3 Å². The van der Waals surface area contributed by atoms with Crippen molar-refractivity contribution in [2.24, 2.45) is 0 Å². The highest BCUT2D eigenvalue weighted by atomic mass is 19.1. The second kappa shape index (κ2) is 15.1. The number of hydrogen-bond acceptors (Lipinski definition) is 3. The molecule has 1 saturated carbocycles. The van der Waals surface area contributed by atoms with Crippen LogP contribution in [0.3, 0.4) is 0 Å². The fourth-order valence-electron chi connectivity index (χ4n) is 5.10. The molecule has 1 aliphatic heterocycles. The lowest BCUT2D eigenvalue weighted by Gasteiger charge is -2.36. The molecule has 1 aromatic carbocycles. The van der Waals surface area contributed by atoms with E-state index in [1.165, 1.54) is 50.7 Å². The van der Waals surface area contributed by atoms with Gasteiger partial charge in [-0.3, -0.25) is 9.69 Å². The summed E-state index contributed by atoms with van der Waals surface area (Å²) in [5.74, 6) is 0.0197. The van der Waals surface area contributed by atoms with Crippen molar-refractivity contribution in [2.75, 3.05) is 39.3 Å². The molecule has 1 aromatic rings. The zero-order valence-electron chi connectivity index (χ0n) is 21.7. The fourth-order valence-corrected chi connectivity index (χ4v) is 5.10. The Morgan fingerprint density at radius 1 is 0.971 bits per heavy atom. The van der Waals surface area contributed by atoms with E-state index in [-0.39, 0.29) is 23.8 Å². The third kappa shape index (κ3) is 9.79. The summed E-state index contributed by atoms with van der Waals surface area (Å²) in [5.41, 5.74) is 0.930. The normalized spacial score (nSPS) is 17.4. The number of halogens is 1. The van der Waals surface area contributed by atoms with E-state index in [1.54, 1.807) is 12.1 Å². The summed E-state index contributed by atoms with van der Waals surface area (Å²) in [6.07, 6.45) is 12.2. The molecule has 35 heavy (non-hydrogen) atoms. The van der Waals surface area contributed by atoms with Gasteiger partial charge in [-0.25, -0.2) is 9.18 Å². The van der Waals surface area contributed by atoms with Crippen molar-refractivity contribution in [2.45, 2.75) is 90.1 Å². The van der Waals surface area contributed by atoms with Crippen LogP contribution >= 0.6 is 0 Å². The van der Waals surface area contributed by atoms with Gasteiger partial charge in [0.25, 0.3) is 0 Å². The van der Waals surface area contributed by atoms with E-state index in [1.807, 2.05) is 9.80 Å². The van der Waals surface area contributed by atoms with Gasteiger partial charge >= 0.3 is 6.03 Å². The Morgan fingerprint density at radius 2 is 1.66 bits per heavy atom. The van der Waals surface area contributed by atoms with Crippen molar-refractivity contribution in [3.05, 3.63) is 35.6 Å². The summed E-state index contributed by atoms with van der Waals surface area (Å²) in [5, 5.41) is 3.23. The van der Waals surface area contributed by atoms with Gasteiger partial charge in [-0.1, -0.05) is 64.0 Å². The molecule has 0 unspecified atom stereocenters. The van der Waals surface area contributed by atoms with Crippen molar-refractivity contribution in [3.63, 3.8) is 0 Å². The smallest absolute Gasteiger partial charge is 0.317 e. The number of hydrogen-bond donors (Lipinski definition) is 1. The number of benzene rings is 1. The first-order valence-corrected chi connectivity index (χ1v) is 13.8. The van der Waals surface area contributed by atoms with Crippen LogP contribution in [0.5, 0.6) is 0 Å². The molecule has 1 heterocycles. The minimum absolute atomic E-state index is 0.0295. The van der Waals surface area contributed by atoms with E-state index in [0.29, 0.717) is 19.5 Å². The van der Waals surface area contributed by atoms with Crippen molar-refractivity contribution in [1.29, 1.82) is 0 Å². The topological polar surface area (TPSA) is 55.9 Å². The molecular weight excluding hydrogens is 443 g/mol. The highest BCUT2D eigenvalue weighted by Crippen LogP contribution is 2.18. The summed E-state index contributed by atoms with van der Waals surface area (Å²) in [7, 11) is 0. The largest absolute Gasteiger partial charge is 0.340 e. The third-order valence-corrected chi connectivity index (χ3v) is 7.41. The maximum atomic E-state index is 13.4. The Labute approximate surface area is 211 Å². The van der Waals surface area contributed by atoms with Crippen molar-refractivity contribution in [1.82, 2.24) is 20.0 Å². The Bertz CT molecular complexity index is 759. The second-order valence-corrected chi connectivity index (χ2v) is 10.2. The van der Waals surface area contributed by atoms with E-state index >= 15 is 0 Å². The van der Waals surface area contributed by atoms with Gasteiger partial charge < -0.3 is 15.1 Å². The third-order valence-electron chi connectivity index (χ3n) is 7.41. The van der Waals surface area contributed by atoms with E-state index in [2.05, 4.69) is 17.1 Å². The predicted molar refractivity (Wildman–Crippen MR) is 139 cm³/mol. The molecule has 3 amide bonds. The van der Waals surface area contributed by atoms with Gasteiger partial charge in [0.2, 0.25) is 5.91 Å². The summed E-state index contributed by atoms with van der Waals surface area (Å²) >= 11 is 0. The average molecular weight is 489 g/mol. The van der Waals surface area contributed by atoms with Gasteiger partial charge in [-0.15, -0.1) is 0 Å². The number of piperazine rings is 1. The van der Waals surface area contributed by atoms with Crippen LogP contribution in [-0.4, -0.2) is 71.9 Å². The second-order valence-electron chi connectivity index (χ2n) is 10.2. The molecule has 1 N–H and O–H groups in total. The Hall–Kier alpha value is -2.15. The number of nitrogens with one attached hydrogen (secondary N) is 1. The first-order chi connectivity index (χ1) is 17.0. The van der Waals surface area contributed by atoms with E-state index < -0.39 is 0 Å². The zero-order chi connectivity index (χ0) is 24.9. The molecule has 3 rings (SSSR count). The number of amides is 3. The Kier molecular flexibility index (Phi) is 11.8. The highest BCUT2D eigenvalue weighted by Gasteiger charge is 2.24. The van der Waals surface area contributed by atoms with Crippen LogP contribution in [-0.2, 0) is 11.3 Å². The number of rotatable bonds is 12. The first-order valence-electron chi connectivity index (χ1n) is 13.8. The Balaban J connectivity index is 1.45. The minimum Gasteiger partial charge on any atom is -0.340 e. The number of carbonyl (C=O) groups is 2. The lowest BCUT2D eigenvalue weighted by Crippen LogP contribution is -2.52. The molecule has 0 atom stereocenters. The molecule has 0 bridgehead atoms. The van der Waals surface area contributed by atoms with Gasteiger partial charge in [-0.2, -0.15) is 0 Å². The van der Waals surface area contributed by atoms with Gasteiger partial charge in [0.1, 0.15) is 5.82 Å². The van der Waals surface area contributed by atoms with E-state index in [9.17, 15) is 14.0 Å². The SMILES string of the molecule is CCCCCCCC(=O)N1CCN(CCN(Cc2ccc(F)cc2)C(=O)NC2CCCCC2)CC1. The van der Waals surface area contributed by atoms with Crippen LogP contribution < -0.4 is 5.32 Å². The van der Waals surface area contributed by atoms with Crippen LogP contribution in [0.1, 0.15) is 83.1 Å². The molecule has 0 spiro atoms. The molecule has 1 saturated heterocycles. The molecule has 7 heteroatoms. The van der Waals surface area contributed by atoms with Crippen LogP contribution in [0.2, 0.25) is 0 Å². The molecule has 6 nitrogen and oxygen atoms in total. The van der Waals surface area contributed by atoms with E-state index in [0.717, 1.165) is 64.0 Å².